The summed E-state index contributed by atoms with van der Waals surface area (Å²) in [4.78, 5) is 37.6. The first-order valence-corrected chi connectivity index (χ1v) is 7.01. The van der Waals surface area contributed by atoms with Gasteiger partial charge in [0.2, 0.25) is 0 Å². The van der Waals surface area contributed by atoms with Gasteiger partial charge in [0.05, 0.1) is 10.6 Å². The number of carbonyl (C=O) groups excluding carboxylic acids is 2. The molecule has 1 fully saturated rings. The van der Waals surface area contributed by atoms with Crippen LogP contribution in [0.15, 0.2) is 60.3 Å². The number of allylic oxidation sites excluding steroid dienone is 5. The summed E-state index contributed by atoms with van der Waals surface area (Å²) in [6.07, 6.45) is 9.58. The molecule has 1 aromatic rings. The van der Waals surface area contributed by atoms with Crippen molar-refractivity contribution in [3.05, 3.63) is 70.5 Å². The Hall–Kier alpha value is -3.22. The first-order chi connectivity index (χ1) is 11.1. The predicted octanol–water partition coefficient (Wildman–Crippen LogP) is 2.76. The fraction of sp³-hybridized carbons (Fsp3) is 0.125. The number of carbonyl (C=O) groups is 2. The van der Waals surface area contributed by atoms with Crippen LogP contribution in [-0.2, 0) is 4.79 Å². The zero-order valence-corrected chi connectivity index (χ0v) is 12.1. The molecule has 7 heteroatoms. The van der Waals surface area contributed by atoms with Gasteiger partial charge in [-0.3, -0.25) is 19.8 Å². The lowest BCUT2D eigenvalue weighted by Gasteiger charge is -2.17. The van der Waals surface area contributed by atoms with E-state index in [0.717, 1.165) is 9.80 Å². The molecule has 3 rings (SSSR count). The van der Waals surface area contributed by atoms with E-state index in [-0.39, 0.29) is 17.9 Å². The monoisotopic (exact) mass is 311 g/mol. The van der Waals surface area contributed by atoms with Crippen molar-refractivity contribution in [3.8, 4) is 0 Å². The summed E-state index contributed by atoms with van der Waals surface area (Å²) in [5, 5.41) is 11.1. The molecule has 0 radical (unpaired) electrons. The molecule has 0 unspecified atom stereocenters. The first-order valence-electron chi connectivity index (χ1n) is 7.01. The van der Waals surface area contributed by atoms with Crippen molar-refractivity contribution >= 4 is 23.3 Å². The highest BCUT2D eigenvalue weighted by Gasteiger charge is 2.40. The van der Waals surface area contributed by atoms with Crippen molar-refractivity contribution in [1.82, 2.24) is 4.90 Å². The second kappa shape index (κ2) is 5.88. The fourth-order valence-corrected chi connectivity index (χ4v) is 2.51. The van der Waals surface area contributed by atoms with Gasteiger partial charge in [0, 0.05) is 6.07 Å². The lowest BCUT2D eigenvalue weighted by atomic mass is 10.2. The minimum atomic E-state index is -0.587. The maximum Gasteiger partial charge on any atom is 0.336 e. The fourth-order valence-electron chi connectivity index (χ4n) is 2.51. The summed E-state index contributed by atoms with van der Waals surface area (Å²) in [6, 6.07) is 5.29. The van der Waals surface area contributed by atoms with Crippen molar-refractivity contribution < 1.29 is 14.5 Å². The number of urea groups is 1. The van der Waals surface area contributed by atoms with Crippen LogP contribution in [0.2, 0.25) is 0 Å². The number of nitrogens with zero attached hydrogens (tertiary/aromatic N) is 3. The number of para-hydroxylation sites is 2. The Morgan fingerprint density at radius 3 is 2.70 bits per heavy atom. The lowest BCUT2D eigenvalue weighted by molar-refractivity contribution is -0.384. The third kappa shape index (κ3) is 2.64. The van der Waals surface area contributed by atoms with Crippen LogP contribution in [0.1, 0.15) is 6.42 Å². The van der Waals surface area contributed by atoms with E-state index in [2.05, 4.69) is 0 Å². The average Bonchev–Trinajstić information content (AvgIpc) is 2.72. The Bertz CT molecular complexity index is 779. The minimum absolute atomic E-state index is 0.118. The highest BCUT2D eigenvalue weighted by molar-refractivity contribution is 6.14. The molecule has 0 saturated carbocycles. The number of benzene rings is 1. The van der Waals surface area contributed by atoms with Gasteiger partial charge in [-0.2, -0.15) is 0 Å². The standard InChI is InChI=1S/C16H13N3O4/c20-15-11-17(13-9-5-6-10-14(13)19(22)23)16(21)18(15)12-7-3-1-2-4-8-12/h1,3-10H,2,11H2. The minimum Gasteiger partial charge on any atom is -0.278 e. The van der Waals surface area contributed by atoms with Crippen molar-refractivity contribution in [1.29, 1.82) is 0 Å². The zero-order chi connectivity index (χ0) is 16.4. The van der Waals surface area contributed by atoms with E-state index in [1.165, 1.54) is 18.2 Å². The second-order valence-electron chi connectivity index (χ2n) is 5.00. The molecule has 2 aliphatic rings. The molecule has 1 aliphatic heterocycles. The number of amides is 3. The van der Waals surface area contributed by atoms with Crippen molar-refractivity contribution in [2.75, 3.05) is 11.4 Å². The van der Waals surface area contributed by atoms with Crippen LogP contribution in [0, 0.1) is 10.1 Å². The van der Waals surface area contributed by atoms with Gasteiger partial charge in [-0.25, -0.2) is 9.69 Å². The van der Waals surface area contributed by atoms with E-state index < -0.39 is 16.9 Å². The number of nitro groups is 1. The van der Waals surface area contributed by atoms with Gasteiger partial charge in [-0.05, 0) is 24.6 Å². The van der Waals surface area contributed by atoms with E-state index in [1.54, 1.807) is 24.3 Å². The van der Waals surface area contributed by atoms with Crippen LogP contribution in [0.25, 0.3) is 0 Å². The van der Waals surface area contributed by atoms with Gasteiger partial charge in [-0.1, -0.05) is 30.4 Å². The average molecular weight is 311 g/mol. The predicted molar refractivity (Wildman–Crippen MR) is 83.7 cm³/mol. The summed E-state index contributed by atoms with van der Waals surface area (Å²) in [6.45, 7) is -0.224. The zero-order valence-electron chi connectivity index (χ0n) is 12.1. The number of hydrogen-bond donors (Lipinski definition) is 0. The first kappa shape index (κ1) is 14.7. The highest BCUT2D eigenvalue weighted by Crippen LogP contribution is 2.32. The molecule has 3 amide bonds. The van der Waals surface area contributed by atoms with E-state index in [1.807, 2.05) is 12.2 Å². The van der Waals surface area contributed by atoms with E-state index in [4.69, 9.17) is 0 Å². The van der Waals surface area contributed by atoms with Gasteiger partial charge in [0.1, 0.15) is 12.2 Å². The molecular weight excluding hydrogens is 298 g/mol. The van der Waals surface area contributed by atoms with Crippen LogP contribution in [0.3, 0.4) is 0 Å². The molecule has 1 aliphatic carbocycles. The number of hydrogen-bond acceptors (Lipinski definition) is 4. The number of imide groups is 1. The highest BCUT2D eigenvalue weighted by atomic mass is 16.6. The molecule has 23 heavy (non-hydrogen) atoms. The normalized spacial score (nSPS) is 17.5. The van der Waals surface area contributed by atoms with Crippen LogP contribution in [0.4, 0.5) is 16.2 Å². The molecule has 7 nitrogen and oxygen atoms in total. The van der Waals surface area contributed by atoms with Crippen LogP contribution >= 0.6 is 0 Å². The smallest absolute Gasteiger partial charge is 0.278 e. The second-order valence-corrected chi connectivity index (χ2v) is 5.00. The van der Waals surface area contributed by atoms with Gasteiger partial charge in [0.15, 0.2) is 0 Å². The number of rotatable bonds is 3. The maximum atomic E-state index is 12.6. The lowest BCUT2D eigenvalue weighted by Crippen LogP contribution is -2.32. The van der Waals surface area contributed by atoms with Crippen LogP contribution in [0.5, 0.6) is 0 Å². The molecule has 1 saturated heterocycles. The Morgan fingerprint density at radius 1 is 1.13 bits per heavy atom. The summed E-state index contributed by atoms with van der Waals surface area (Å²) in [7, 11) is 0. The summed E-state index contributed by atoms with van der Waals surface area (Å²) in [5.74, 6) is -0.417. The van der Waals surface area contributed by atoms with E-state index >= 15 is 0 Å². The maximum absolute atomic E-state index is 12.6. The third-order valence-electron chi connectivity index (χ3n) is 3.56. The van der Waals surface area contributed by atoms with Gasteiger partial charge >= 0.3 is 6.03 Å². The third-order valence-corrected chi connectivity index (χ3v) is 3.56. The summed E-state index contributed by atoms with van der Waals surface area (Å²) >= 11 is 0. The molecule has 0 bridgehead atoms. The Kier molecular flexibility index (Phi) is 3.76. The van der Waals surface area contributed by atoms with Crippen molar-refractivity contribution in [2.24, 2.45) is 0 Å². The van der Waals surface area contributed by atoms with Crippen LogP contribution < -0.4 is 4.90 Å². The van der Waals surface area contributed by atoms with Gasteiger partial charge in [-0.15, -0.1) is 0 Å². The SMILES string of the molecule is O=C1CN(c2ccccc2[N+](=O)[O-])C(=O)N1C1=CC=CCC=C1. The molecule has 0 spiro atoms. The quantitative estimate of drug-likeness (QED) is 0.488. The van der Waals surface area contributed by atoms with Crippen LogP contribution in [-0.4, -0.2) is 28.3 Å². The molecule has 0 N–H and O–H groups in total. The number of anilines is 1. The van der Waals surface area contributed by atoms with E-state index in [0.29, 0.717) is 12.1 Å². The molecular formula is C16H13N3O4. The Balaban J connectivity index is 1.98. The Morgan fingerprint density at radius 2 is 1.91 bits per heavy atom. The summed E-state index contributed by atoms with van der Waals surface area (Å²) < 4.78 is 0. The topological polar surface area (TPSA) is 83.8 Å². The summed E-state index contributed by atoms with van der Waals surface area (Å²) in [5.41, 5.74) is 0.364. The largest absolute Gasteiger partial charge is 0.336 e. The van der Waals surface area contributed by atoms with Crippen molar-refractivity contribution in [2.45, 2.75) is 6.42 Å². The molecule has 0 atom stereocenters. The van der Waals surface area contributed by atoms with E-state index in [9.17, 15) is 19.7 Å². The van der Waals surface area contributed by atoms with Crippen molar-refractivity contribution in [3.63, 3.8) is 0 Å². The molecule has 1 aromatic carbocycles. The Labute approximate surface area is 131 Å². The van der Waals surface area contributed by atoms with Gasteiger partial charge in [0.25, 0.3) is 11.6 Å². The molecule has 116 valence electrons. The number of nitro benzene ring substituents is 1. The molecule has 1 heterocycles. The van der Waals surface area contributed by atoms with Gasteiger partial charge < -0.3 is 0 Å². The molecule has 0 aromatic heterocycles.